The van der Waals surface area contributed by atoms with E-state index in [1.807, 2.05) is 0 Å². The van der Waals surface area contributed by atoms with Gasteiger partial charge in [-0.1, -0.05) is 98.8 Å². The summed E-state index contributed by atoms with van der Waals surface area (Å²) in [5.74, 6) is 1.97. The quantitative estimate of drug-likeness (QED) is 0.216. The lowest BCUT2D eigenvalue weighted by Crippen LogP contribution is -2.22. The van der Waals surface area contributed by atoms with Gasteiger partial charge in [-0.2, -0.15) is 0 Å². The topological polar surface area (TPSA) is 18.5 Å². The molecule has 0 aromatic heterocycles. The predicted octanol–water partition coefficient (Wildman–Crippen LogP) is 6.39. The molecule has 2 unspecified atom stereocenters. The van der Waals surface area contributed by atoms with E-state index >= 15 is 0 Å². The summed E-state index contributed by atoms with van der Waals surface area (Å²) in [5, 5.41) is 5.48. The zero-order chi connectivity index (χ0) is 25.3. The highest BCUT2D eigenvalue weighted by molar-refractivity contribution is 7.76. The Morgan fingerprint density at radius 1 is 0.528 bits per heavy atom. The third kappa shape index (κ3) is 6.18. The molecule has 4 aromatic rings. The first-order valence-electron chi connectivity index (χ1n) is 12.7. The molecule has 0 aliphatic rings. The Kier molecular flexibility index (Phi) is 9.57. The smallest absolute Gasteiger partial charge is 0.126 e. The normalized spacial score (nSPS) is 12.7. The van der Waals surface area contributed by atoms with Crippen LogP contribution in [0.4, 0.5) is 0 Å². The molecule has 186 valence electrons. The van der Waals surface area contributed by atoms with E-state index in [0.29, 0.717) is 0 Å². The van der Waals surface area contributed by atoms with E-state index in [1.54, 1.807) is 14.2 Å². The number of hydrogen-bond acceptors (Lipinski definition) is 2. The van der Waals surface area contributed by atoms with Gasteiger partial charge in [0.25, 0.3) is 0 Å². The molecule has 0 fully saturated rings. The molecular weight excluding hydrogens is 478 g/mol. The summed E-state index contributed by atoms with van der Waals surface area (Å²) in [5.41, 5.74) is 2.77. The highest BCUT2D eigenvalue weighted by Gasteiger charge is 2.23. The molecule has 4 rings (SSSR count). The monoisotopic (exact) mass is 514 g/mol. The second kappa shape index (κ2) is 13.0. The molecule has 0 bridgehead atoms. The Morgan fingerprint density at radius 3 is 1.33 bits per heavy atom. The van der Waals surface area contributed by atoms with E-state index in [9.17, 15) is 0 Å². The minimum Gasteiger partial charge on any atom is -0.496 e. The van der Waals surface area contributed by atoms with Crippen LogP contribution in [0.25, 0.3) is 0 Å². The van der Waals surface area contributed by atoms with Gasteiger partial charge in [-0.25, -0.2) is 0 Å². The van der Waals surface area contributed by atoms with Crippen LogP contribution in [-0.4, -0.2) is 26.5 Å². The average Bonchev–Trinajstić information content (AvgIpc) is 2.95. The third-order valence-electron chi connectivity index (χ3n) is 6.56. The molecule has 0 amide bonds. The van der Waals surface area contributed by atoms with E-state index in [2.05, 4.69) is 111 Å². The first kappa shape index (κ1) is 26.4. The third-order valence-corrected chi connectivity index (χ3v) is 12.0. The molecule has 0 N–H and O–H groups in total. The Bertz CT molecular complexity index is 1170. The molecule has 0 radical (unpaired) electrons. The van der Waals surface area contributed by atoms with Crippen molar-refractivity contribution < 1.29 is 9.47 Å². The number of para-hydroxylation sites is 2. The van der Waals surface area contributed by atoms with Gasteiger partial charge >= 0.3 is 0 Å². The van der Waals surface area contributed by atoms with Gasteiger partial charge in [-0.3, -0.25) is 0 Å². The first-order chi connectivity index (χ1) is 17.7. The molecule has 0 heterocycles. The van der Waals surface area contributed by atoms with Gasteiger partial charge in [0.1, 0.15) is 11.5 Å². The van der Waals surface area contributed by atoms with Crippen molar-refractivity contribution in [2.75, 3.05) is 26.5 Å². The fraction of sp³-hybridized carbons (Fsp3) is 0.250. The van der Waals surface area contributed by atoms with E-state index in [-0.39, 0.29) is 0 Å². The van der Waals surface area contributed by atoms with Crippen molar-refractivity contribution in [3.8, 4) is 11.5 Å². The Balaban J connectivity index is 1.77. The van der Waals surface area contributed by atoms with Gasteiger partial charge < -0.3 is 9.47 Å². The molecule has 0 aliphatic carbocycles. The van der Waals surface area contributed by atoms with Crippen molar-refractivity contribution in [3.05, 3.63) is 108 Å². The van der Waals surface area contributed by atoms with Crippen molar-refractivity contribution in [3.63, 3.8) is 0 Å². The minimum absolute atomic E-state index is 0.587. The fourth-order valence-electron chi connectivity index (χ4n) is 4.57. The summed E-state index contributed by atoms with van der Waals surface area (Å²) in [4.78, 5) is 0. The SMILES string of the molecule is CCc1cccc(P(CCP(c2cccc(CC)c2)c2ccccc2OC)c2ccccc2OC)c1. The molecule has 0 saturated carbocycles. The van der Waals surface area contributed by atoms with Crippen molar-refractivity contribution in [1.29, 1.82) is 0 Å². The number of benzene rings is 4. The molecule has 0 aliphatic heterocycles. The second-order valence-corrected chi connectivity index (χ2v) is 13.3. The molecule has 2 nitrogen and oxygen atoms in total. The van der Waals surface area contributed by atoms with E-state index in [0.717, 1.165) is 36.7 Å². The van der Waals surface area contributed by atoms with Gasteiger partial charge in [0, 0.05) is 10.6 Å². The van der Waals surface area contributed by atoms with Crippen LogP contribution in [0.15, 0.2) is 97.1 Å². The molecule has 4 heteroatoms. The molecule has 36 heavy (non-hydrogen) atoms. The highest BCUT2D eigenvalue weighted by atomic mass is 31.1. The summed E-state index contributed by atoms with van der Waals surface area (Å²) in [6.45, 7) is 4.46. The van der Waals surface area contributed by atoms with Crippen LogP contribution in [0, 0.1) is 0 Å². The van der Waals surface area contributed by atoms with Crippen LogP contribution in [0.2, 0.25) is 0 Å². The summed E-state index contributed by atoms with van der Waals surface area (Å²) in [7, 11) is 2.39. The summed E-state index contributed by atoms with van der Waals surface area (Å²) in [6, 6.07) is 35.4. The number of hydrogen-bond donors (Lipinski definition) is 0. The van der Waals surface area contributed by atoms with Crippen molar-refractivity contribution in [2.24, 2.45) is 0 Å². The number of rotatable bonds is 11. The van der Waals surface area contributed by atoms with Crippen LogP contribution in [0.3, 0.4) is 0 Å². The molecule has 0 saturated heterocycles. The standard InChI is InChI=1S/C32H36O2P2/c1-5-25-13-11-15-27(23-25)35(31-19-9-7-17-29(31)33-3)21-22-36(28-16-12-14-26(6-2)24-28)32-20-10-8-18-30(32)34-4/h7-20,23-24H,5-6,21-22H2,1-4H3. The largest absolute Gasteiger partial charge is 0.496 e. The maximum absolute atomic E-state index is 5.85. The molecule has 4 aromatic carbocycles. The minimum atomic E-state index is -0.587. The van der Waals surface area contributed by atoms with Crippen molar-refractivity contribution >= 4 is 37.1 Å². The Labute approximate surface area is 219 Å². The lowest BCUT2D eigenvalue weighted by atomic mass is 10.2. The van der Waals surface area contributed by atoms with E-state index < -0.39 is 15.8 Å². The lowest BCUT2D eigenvalue weighted by molar-refractivity contribution is 0.418. The molecular formula is C32H36O2P2. The zero-order valence-electron chi connectivity index (χ0n) is 21.8. The van der Waals surface area contributed by atoms with Gasteiger partial charge in [0.15, 0.2) is 0 Å². The second-order valence-electron chi connectivity index (χ2n) is 8.69. The molecule has 0 spiro atoms. The van der Waals surface area contributed by atoms with Crippen LogP contribution >= 0.6 is 15.8 Å². The highest BCUT2D eigenvalue weighted by Crippen LogP contribution is 2.44. The predicted molar refractivity (Wildman–Crippen MR) is 160 cm³/mol. The number of aryl methyl sites for hydroxylation is 2. The van der Waals surface area contributed by atoms with Gasteiger partial charge in [0.05, 0.1) is 14.2 Å². The lowest BCUT2D eigenvalue weighted by Gasteiger charge is -2.26. The van der Waals surface area contributed by atoms with Crippen molar-refractivity contribution in [2.45, 2.75) is 26.7 Å². The van der Waals surface area contributed by atoms with Gasteiger partial charge in [0.2, 0.25) is 0 Å². The van der Waals surface area contributed by atoms with Crippen LogP contribution in [0.1, 0.15) is 25.0 Å². The van der Waals surface area contributed by atoms with Crippen molar-refractivity contribution in [1.82, 2.24) is 0 Å². The van der Waals surface area contributed by atoms with Crippen LogP contribution in [0.5, 0.6) is 11.5 Å². The maximum atomic E-state index is 5.85. The number of methoxy groups -OCH3 is 2. The van der Waals surface area contributed by atoms with Crippen LogP contribution in [-0.2, 0) is 12.8 Å². The fourth-order valence-corrected chi connectivity index (χ4v) is 10.3. The number of ether oxygens (including phenoxy) is 2. The Hall–Kier alpha value is -2.66. The van der Waals surface area contributed by atoms with Crippen LogP contribution < -0.4 is 30.7 Å². The zero-order valence-corrected chi connectivity index (χ0v) is 23.6. The average molecular weight is 515 g/mol. The Morgan fingerprint density at radius 2 is 0.944 bits per heavy atom. The van der Waals surface area contributed by atoms with Gasteiger partial charge in [-0.15, -0.1) is 0 Å². The van der Waals surface area contributed by atoms with E-state index in [1.165, 1.54) is 32.3 Å². The van der Waals surface area contributed by atoms with Gasteiger partial charge in [-0.05, 0) is 74.9 Å². The first-order valence-corrected chi connectivity index (χ1v) is 15.7. The van der Waals surface area contributed by atoms with E-state index in [4.69, 9.17) is 9.47 Å². The maximum Gasteiger partial charge on any atom is 0.126 e. The summed E-state index contributed by atoms with van der Waals surface area (Å²) < 4.78 is 11.7. The molecule has 2 atom stereocenters. The summed E-state index contributed by atoms with van der Waals surface area (Å²) in [6.07, 6.45) is 4.26. The summed E-state index contributed by atoms with van der Waals surface area (Å²) >= 11 is 0.